The van der Waals surface area contributed by atoms with E-state index in [9.17, 15) is 14.9 Å². The second-order valence-corrected chi connectivity index (χ2v) is 14.6. The monoisotopic (exact) mass is 638 g/mol. The molecule has 2 aromatic heterocycles. The van der Waals surface area contributed by atoms with E-state index in [0.717, 1.165) is 24.2 Å². The first-order valence-corrected chi connectivity index (χ1v) is 17.1. The van der Waals surface area contributed by atoms with Crippen molar-refractivity contribution in [2.75, 3.05) is 44.4 Å². The highest BCUT2D eigenvalue weighted by molar-refractivity contribution is 7.54. The molecule has 6 rings (SSSR count). The molecule has 1 aliphatic carbocycles. The zero-order valence-electron chi connectivity index (χ0n) is 25.0. The van der Waals surface area contributed by atoms with Gasteiger partial charge in [-0.25, -0.2) is 4.98 Å². The molecule has 4 aliphatic rings. The van der Waals surface area contributed by atoms with Gasteiger partial charge in [-0.1, -0.05) is 18.0 Å². The van der Waals surface area contributed by atoms with E-state index in [4.69, 9.17) is 39.6 Å². The lowest BCUT2D eigenvalue weighted by molar-refractivity contribution is -0.202. The van der Waals surface area contributed by atoms with Crippen molar-refractivity contribution >= 4 is 35.9 Å². The number of hydrogen-bond donors (Lipinski definition) is 1. The fraction of sp³-hybridized carbons (Fsp3) is 0.724. The SMILES string of the molecule is CCOP(=O)(OCC)[C@@H](CO)OC[C@H]1O[C@@H](n2ccc3c(N4CC5CCCC5C4)c(C#N)c(Cl)nc32)[C@@H]2OC(C)(C)O[C@@H]21. The fourth-order valence-electron chi connectivity index (χ4n) is 7.20. The average molecular weight is 639 g/mol. The van der Waals surface area contributed by atoms with Crippen molar-refractivity contribution in [2.24, 2.45) is 11.8 Å². The van der Waals surface area contributed by atoms with Crippen molar-refractivity contribution in [3.63, 3.8) is 0 Å². The molecule has 14 heteroatoms. The van der Waals surface area contributed by atoms with Crippen LogP contribution in [0, 0.1) is 23.2 Å². The largest absolute Gasteiger partial charge is 0.393 e. The van der Waals surface area contributed by atoms with Gasteiger partial charge in [-0.3, -0.25) is 4.57 Å². The van der Waals surface area contributed by atoms with Crippen LogP contribution < -0.4 is 4.90 Å². The third-order valence-electron chi connectivity index (χ3n) is 8.92. The highest BCUT2D eigenvalue weighted by Gasteiger charge is 2.56. The number of fused-ring (bicyclic) bond motifs is 3. The maximum atomic E-state index is 13.3. The number of anilines is 1. The smallest absolute Gasteiger partial charge is 0.361 e. The standard InChI is InChI=1S/C29H40ClN4O8P/c1-5-38-43(36,39-6-2)22(15-35)37-16-21-24-25(42-29(3,4)41-24)28(40-21)34-11-10-19-23(20(12-31)26(30)32-27(19)34)33-13-17-8-7-9-18(17)14-33/h10-11,17-18,21-22,24-25,28,35H,5-9,13-16H2,1-4H3/t17?,18?,21-,22+,24-,25-,28-/m1/s1. The number of ether oxygens (including phenoxy) is 4. The summed E-state index contributed by atoms with van der Waals surface area (Å²) in [6.45, 7) is 8.52. The Kier molecular flexibility index (Phi) is 8.85. The number of nitriles is 1. The quantitative estimate of drug-likeness (QED) is 0.268. The number of pyridine rings is 1. The van der Waals surface area contributed by atoms with Crippen LogP contribution in [0.5, 0.6) is 0 Å². The van der Waals surface area contributed by atoms with Crippen LogP contribution in [-0.4, -0.2) is 84.1 Å². The van der Waals surface area contributed by atoms with Crippen LogP contribution in [0.4, 0.5) is 5.69 Å². The van der Waals surface area contributed by atoms with Crippen molar-refractivity contribution in [3.8, 4) is 6.07 Å². The van der Waals surface area contributed by atoms with Gasteiger partial charge in [-0.05, 0) is 58.4 Å². The maximum absolute atomic E-state index is 13.3. The molecule has 12 nitrogen and oxygen atoms in total. The fourth-order valence-corrected chi connectivity index (χ4v) is 9.01. The molecule has 0 aromatic carbocycles. The molecule has 0 spiro atoms. The van der Waals surface area contributed by atoms with Crippen molar-refractivity contribution in [2.45, 2.75) is 83.1 Å². The van der Waals surface area contributed by atoms with E-state index in [1.54, 1.807) is 13.8 Å². The van der Waals surface area contributed by atoms with E-state index in [1.807, 2.05) is 30.7 Å². The Morgan fingerprint density at radius 3 is 2.51 bits per heavy atom. The van der Waals surface area contributed by atoms with Crippen LogP contribution in [-0.2, 0) is 32.6 Å². The molecule has 7 atom stereocenters. The number of nitrogens with zero attached hydrogens (tertiary/aromatic N) is 4. The summed E-state index contributed by atoms with van der Waals surface area (Å²) in [5.74, 6) is -0.822. The molecule has 236 valence electrons. The molecule has 0 amide bonds. The van der Waals surface area contributed by atoms with Gasteiger partial charge in [-0.2, -0.15) is 5.26 Å². The van der Waals surface area contributed by atoms with E-state index in [0.29, 0.717) is 23.0 Å². The summed E-state index contributed by atoms with van der Waals surface area (Å²) in [7, 11) is -3.73. The predicted molar refractivity (Wildman–Crippen MR) is 158 cm³/mol. The van der Waals surface area contributed by atoms with Crippen molar-refractivity contribution in [1.29, 1.82) is 5.26 Å². The Morgan fingerprint density at radius 2 is 1.88 bits per heavy atom. The number of halogens is 1. The number of aliphatic hydroxyl groups is 1. The Hall–Kier alpha value is -1.78. The lowest BCUT2D eigenvalue weighted by atomic mass is 10.0. The van der Waals surface area contributed by atoms with Gasteiger partial charge in [0.2, 0.25) is 0 Å². The van der Waals surface area contributed by atoms with Gasteiger partial charge in [-0.15, -0.1) is 0 Å². The molecular formula is C29H40ClN4O8P. The van der Waals surface area contributed by atoms with Gasteiger partial charge < -0.3 is 42.6 Å². The molecule has 43 heavy (non-hydrogen) atoms. The van der Waals surface area contributed by atoms with E-state index in [-0.39, 0.29) is 25.0 Å². The van der Waals surface area contributed by atoms with Gasteiger partial charge in [0.1, 0.15) is 35.6 Å². The summed E-state index contributed by atoms with van der Waals surface area (Å²) in [4.78, 5) is 6.96. The van der Waals surface area contributed by atoms with Crippen LogP contribution in [0.15, 0.2) is 12.3 Å². The normalized spacial score (nSPS) is 30.6. The summed E-state index contributed by atoms with van der Waals surface area (Å²) in [6.07, 6.45) is 3.22. The zero-order chi connectivity index (χ0) is 30.5. The van der Waals surface area contributed by atoms with Crippen LogP contribution in [0.2, 0.25) is 5.15 Å². The lowest BCUT2D eigenvalue weighted by Gasteiger charge is -2.28. The molecule has 1 N–H and O–H groups in total. The van der Waals surface area contributed by atoms with Crippen molar-refractivity contribution in [1.82, 2.24) is 9.55 Å². The van der Waals surface area contributed by atoms with Crippen LogP contribution in [0.3, 0.4) is 0 Å². The molecule has 2 aromatic rings. The molecule has 0 radical (unpaired) electrons. The molecule has 4 fully saturated rings. The van der Waals surface area contributed by atoms with Gasteiger partial charge in [0.25, 0.3) is 0 Å². The minimum atomic E-state index is -3.73. The summed E-state index contributed by atoms with van der Waals surface area (Å²) in [5.41, 5.74) is 1.78. The summed E-state index contributed by atoms with van der Waals surface area (Å²) in [6, 6.07) is 4.25. The Bertz CT molecular complexity index is 1410. The first-order chi connectivity index (χ1) is 20.6. The van der Waals surface area contributed by atoms with Crippen molar-refractivity contribution < 1.29 is 37.7 Å². The number of rotatable bonds is 11. The van der Waals surface area contributed by atoms with E-state index in [1.165, 1.54) is 19.3 Å². The van der Waals surface area contributed by atoms with E-state index < -0.39 is 50.4 Å². The predicted octanol–water partition coefficient (Wildman–Crippen LogP) is 4.82. The minimum absolute atomic E-state index is 0.0553. The maximum Gasteiger partial charge on any atom is 0.361 e. The molecule has 3 saturated heterocycles. The molecule has 0 bridgehead atoms. The summed E-state index contributed by atoms with van der Waals surface area (Å²) < 4.78 is 51.0. The zero-order valence-corrected chi connectivity index (χ0v) is 26.6. The highest BCUT2D eigenvalue weighted by Crippen LogP contribution is 2.54. The Labute approximate surface area is 256 Å². The summed E-state index contributed by atoms with van der Waals surface area (Å²) >= 11 is 6.66. The lowest BCUT2D eigenvalue weighted by Crippen LogP contribution is -2.35. The van der Waals surface area contributed by atoms with Crippen LogP contribution in [0.1, 0.15) is 58.7 Å². The van der Waals surface area contributed by atoms with Gasteiger partial charge in [0.15, 0.2) is 23.0 Å². The second-order valence-electron chi connectivity index (χ2n) is 12.0. The third-order valence-corrected chi connectivity index (χ3v) is 11.5. The molecule has 1 saturated carbocycles. The number of aromatic nitrogens is 2. The first-order valence-electron chi connectivity index (χ1n) is 15.1. The summed E-state index contributed by atoms with van der Waals surface area (Å²) in [5, 5.41) is 21.1. The average Bonchev–Trinajstić information content (AvgIpc) is 3.76. The van der Waals surface area contributed by atoms with Gasteiger partial charge in [0.05, 0.1) is 32.1 Å². The topological polar surface area (TPSA) is 138 Å². The van der Waals surface area contributed by atoms with Gasteiger partial charge in [0, 0.05) is 24.7 Å². The number of hydrogen-bond acceptors (Lipinski definition) is 11. The molecule has 5 heterocycles. The van der Waals surface area contributed by atoms with Crippen LogP contribution >= 0.6 is 19.2 Å². The molecular weight excluding hydrogens is 599 g/mol. The Morgan fingerprint density at radius 1 is 1.21 bits per heavy atom. The Balaban J connectivity index is 1.30. The second kappa shape index (κ2) is 12.2. The van der Waals surface area contributed by atoms with Gasteiger partial charge >= 0.3 is 7.60 Å². The van der Waals surface area contributed by atoms with Crippen LogP contribution in [0.25, 0.3) is 11.0 Å². The molecule has 3 aliphatic heterocycles. The number of aliphatic hydroxyl groups excluding tert-OH is 1. The van der Waals surface area contributed by atoms with E-state index in [2.05, 4.69) is 16.0 Å². The first kappa shape index (κ1) is 31.2. The third kappa shape index (κ3) is 5.62. The van der Waals surface area contributed by atoms with Crippen molar-refractivity contribution in [3.05, 3.63) is 23.0 Å². The molecule has 2 unspecified atom stereocenters. The van der Waals surface area contributed by atoms with E-state index >= 15 is 0 Å². The minimum Gasteiger partial charge on any atom is -0.393 e. The highest BCUT2D eigenvalue weighted by atomic mass is 35.5.